The number of hydrogen-bond acceptors (Lipinski definition) is 5. The molecule has 2 bridgehead atoms. The number of carbonyl (C=O) groups is 2. The van der Waals surface area contributed by atoms with Gasteiger partial charge in [-0.25, -0.2) is 9.18 Å². The zero-order valence-electron chi connectivity index (χ0n) is 21.0. The van der Waals surface area contributed by atoms with Crippen molar-refractivity contribution in [2.45, 2.75) is 76.6 Å². The Balaban J connectivity index is 1.43. The van der Waals surface area contributed by atoms with Gasteiger partial charge in [0.1, 0.15) is 23.5 Å². The molecule has 3 aliphatic rings. The van der Waals surface area contributed by atoms with Crippen molar-refractivity contribution in [1.29, 1.82) is 5.26 Å². The zero-order chi connectivity index (χ0) is 25.3. The van der Waals surface area contributed by atoms with Gasteiger partial charge in [0.25, 0.3) is 0 Å². The van der Waals surface area contributed by atoms with Crippen molar-refractivity contribution >= 4 is 17.6 Å². The van der Waals surface area contributed by atoms with Crippen molar-refractivity contribution in [2.24, 2.45) is 5.92 Å². The summed E-state index contributed by atoms with van der Waals surface area (Å²) in [6.45, 7) is 7.15. The second kappa shape index (κ2) is 9.98. The molecule has 7 nitrogen and oxygen atoms in total. The molecule has 4 atom stereocenters. The minimum Gasteiger partial charge on any atom is -0.444 e. The van der Waals surface area contributed by atoms with E-state index in [1.165, 1.54) is 6.07 Å². The van der Waals surface area contributed by atoms with Crippen LogP contribution in [0.15, 0.2) is 24.3 Å². The van der Waals surface area contributed by atoms with Crippen LogP contribution in [0.5, 0.6) is 0 Å². The summed E-state index contributed by atoms with van der Waals surface area (Å²) in [5.41, 5.74) is 1.69. The van der Waals surface area contributed by atoms with Gasteiger partial charge in [-0.3, -0.25) is 9.69 Å². The van der Waals surface area contributed by atoms with Gasteiger partial charge >= 0.3 is 6.09 Å². The van der Waals surface area contributed by atoms with E-state index in [0.29, 0.717) is 5.56 Å². The van der Waals surface area contributed by atoms with Crippen molar-refractivity contribution in [3.63, 3.8) is 0 Å². The van der Waals surface area contributed by atoms with Gasteiger partial charge in [0, 0.05) is 25.6 Å². The van der Waals surface area contributed by atoms with Crippen molar-refractivity contribution in [2.75, 3.05) is 20.1 Å². The molecule has 35 heavy (non-hydrogen) atoms. The largest absolute Gasteiger partial charge is 0.444 e. The molecule has 1 aromatic carbocycles. The molecule has 188 valence electrons. The predicted octanol–water partition coefficient (Wildman–Crippen LogP) is 3.88. The Kier molecular flexibility index (Phi) is 7.18. The number of ether oxygens (including phenoxy) is 1. The number of carbonyl (C=O) groups excluding carboxylic acids is 2. The first-order valence-corrected chi connectivity index (χ1v) is 12.4. The Labute approximate surface area is 206 Å². The van der Waals surface area contributed by atoms with Crippen LogP contribution < -0.4 is 5.32 Å². The first-order valence-electron chi connectivity index (χ1n) is 12.4. The highest BCUT2D eigenvalue weighted by atomic mass is 19.1. The predicted molar refractivity (Wildman–Crippen MR) is 131 cm³/mol. The Morgan fingerprint density at radius 3 is 2.71 bits per heavy atom. The molecule has 2 amide bonds. The van der Waals surface area contributed by atoms with E-state index in [1.807, 2.05) is 6.07 Å². The summed E-state index contributed by atoms with van der Waals surface area (Å²) in [4.78, 5) is 29.8. The van der Waals surface area contributed by atoms with E-state index < -0.39 is 23.8 Å². The molecule has 4 rings (SSSR count). The average molecular weight is 483 g/mol. The summed E-state index contributed by atoms with van der Waals surface area (Å²) in [6.07, 6.45) is 5.01. The third-order valence-electron chi connectivity index (χ3n) is 7.19. The summed E-state index contributed by atoms with van der Waals surface area (Å²) in [6, 6.07) is 5.60. The van der Waals surface area contributed by atoms with E-state index in [-0.39, 0.29) is 30.1 Å². The van der Waals surface area contributed by atoms with Crippen LogP contribution in [0.2, 0.25) is 0 Å². The average Bonchev–Trinajstić information content (AvgIpc) is 3.41. The highest BCUT2D eigenvalue weighted by Crippen LogP contribution is 2.43. The summed E-state index contributed by atoms with van der Waals surface area (Å²) in [7, 11) is 2.05. The van der Waals surface area contributed by atoms with Gasteiger partial charge in [0.2, 0.25) is 5.91 Å². The zero-order valence-corrected chi connectivity index (χ0v) is 21.0. The first kappa shape index (κ1) is 25.2. The minimum atomic E-state index is -0.898. The molecule has 1 saturated heterocycles. The highest BCUT2D eigenvalue weighted by molar-refractivity contribution is 5.87. The Morgan fingerprint density at radius 1 is 1.31 bits per heavy atom. The van der Waals surface area contributed by atoms with Crippen LogP contribution in [-0.4, -0.2) is 65.7 Å². The monoisotopic (exact) mass is 482 g/mol. The van der Waals surface area contributed by atoms with E-state index in [1.54, 1.807) is 31.7 Å². The lowest BCUT2D eigenvalue weighted by molar-refractivity contribution is -0.128. The fourth-order valence-corrected chi connectivity index (χ4v) is 5.45. The third kappa shape index (κ3) is 5.67. The summed E-state index contributed by atoms with van der Waals surface area (Å²) >= 11 is 0. The van der Waals surface area contributed by atoms with Crippen LogP contribution in [0.1, 0.15) is 57.6 Å². The van der Waals surface area contributed by atoms with Gasteiger partial charge in [-0.1, -0.05) is 18.2 Å². The van der Waals surface area contributed by atoms with E-state index in [2.05, 4.69) is 29.4 Å². The van der Waals surface area contributed by atoms with E-state index in [0.717, 1.165) is 49.9 Å². The molecule has 8 heteroatoms. The van der Waals surface area contributed by atoms with Crippen LogP contribution in [-0.2, 0) is 16.0 Å². The van der Waals surface area contributed by atoms with Gasteiger partial charge in [0.05, 0.1) is 6.07 Å². The molecule has 1 N–H and O–H groups in total. The molecule has 1 aromatic rings. The minimum absolute atomic E-state index is 0.0231. The van der Waals surface area contributed by atoms with Gasteiger partial charge in [-0.15, -0.1) is 0 Å². The van der Waals surface area contributed by atoms with E-state index in [9.17, 15) is 19.2 Å². The van der Waals surface area contributed by atoms with Crippen LogP contribution in [0.4, 0.5) is 9.18 Å². The SMILES string of the molecule is CN1CC=C(c2ccc(C[C@@H](C#N)NC(=O)[C@@H]3[C@H]4CC[C@H](C4)N3C(=O)OC(C)(C)C)c(F)c2)CC1. The number of hydrogen-bond donors (Lipinski definition) is 1. The molecule has 1 saturated carbocycles. The lowest BCUT2D eigenvalue weighted by Gasteiger charge is -2.35. The Bertz CT molecular complexity index is 1060. The molecule has 2 fully saturated rings. The number of likely N-dealkylation sites (tertiary alicyclic amines) is 1. The smallest absolute Gasteiger partial charge is 0.411 e. The topological polar surface area (TPSA) is 85.7 Å². The highest BCUT2D eigenvalue weighted by Gasteiger charge is 2.52. The van der Waals surface area contributed by atoms with Crippen molar-refractivity contribution in [3.05, 3.63) is 41.2 Å². The number of benzene rings is 1. The normalized spacial score (nSPS) is 25.1. The quantitative estimate of drug-likeness (QED) is 0.688. The molecule has 2 aliphatic heterocycles. The Morgan fingerprint density at radius 2 is 2.09 bits per heavy atom. The molecule has 2 heterocycles. The molecule has 0 radical (unpaired) electrons. The van der Waals surface area contributed by atoms with Gasteiger partial charge < -0.3 is 15.0 Å². The van der Waals surface area contributed by atoms with Crippen molar-refractivity contribution in [1.82, 2.24) is 15.1 Å². The molecule has 1 aliphatic carbocycles. The third-order valence-corrected chi connectivity index (χ3v) is 7.19. The van der Waals surface area contributed by atoms with Crippen LogP contribution in [0, 0.1) is 23.1 Å². The fourth-order valence-electron chi connectivity index (χ4n) is 5.45. The number of fused-ring (bicyclic) bond motifs is 2. The number of nitrogens with one attached hydrogen (secondary N) is 1. The van der Waals surface area contributed by atoms with E-state index >= 15 is 0 Å². The van der Waals surface area contributed by atoms with E-state index in [4.69, 9.17) is 4.74 Å². The summed E-state index contributed by atoms with van der Waals surface area (Å²) in [5.74, 6) is -0.707. The summed E-state index contributed by atoms with van der Waals surface area (Å²) < 4.78 is 20.5. The van der Waals surface area contributed by atoms with Crippen LogP contribution >= 0.6 is 0 Å². The number of nitriles is 1. The molecule has 0 unspecified atom stereocenters. The Hall–Kier alpha value is -2.92. The number of piperidine rings is 1. The molecular formula is C27H35FN4O3. The van der Waals surface area contributed by atoms with Gasteiger partial charge in [0.15, 0.2) is 0 Å². The number of rotatable bonds is 5. The van der Waals surface area contributed by atoms with Crippen LogP contribution in [0.3, 0.4) is 0 Å². The maximum absolute atomic E-state index is 14.9. The maximum atomic E-state index is 14.9. The maximum Gasteiger partial charge on any atom is 0.411 e. The number of amides is 2. The molecular weight excluding hydrogens is 447 g/mol. The first-order chi connectivity index (χ1) is 16.6. The molecule has 0 aromatic heterocycles. The van der Waals surface area contributed by atoms with Crippen LogP contribution in [0.25, 0.3) is 5.57 Å². The van der Waals surface area contributed by atoms with Gasteiger partial charge in [-0.2, -0.15) is 5.26 Å². The number of likely N-dealkylation sites (N-methyl/N-ethyl adjacent to an activating group) is 1. The second-order valence-electron chi connectivity index (χ2n) is 11.0. The van der Waals surface area contributed by atoms with Gasteiger partial charge in [-0.05, 0) is 82.2 Å². The lowest BCUT2D eigenvalue weighted by Crippen LogP contribution is -2.55. The fraction of sp³-hybridized carbons (Fsp3) is 0.593. The standard InChI is InChI=1S/C27H35FN4O3/c1-27(2,3)35-26(34)32-22-8-7-20(14-22)24(32)25(33)30-21(16-29)13-19-6-5-18(15-23(19)28)17-9-11-31(4)12-10-17/h5-6,9,15,20-22,24H,7-8,10-14H2,1-4H3,(H,30,33)/t20-,21-,22+,24-/m0/s1. The second-order valence-corrected chi connectivity index (χ2v) is 11.0. The number of nitrogens with zero attached hydrogens (tertiary/aromatic N) is 3. The van der Waals surface area contributed by atoms with Crippen molar-refractivity contribution in [3.8, 4) is 6.07 Å². The lowest BCUT2D eigenvalue weighted by atomic mass is 9.95. The summed E-state index contributed by atoms with van der Waals surface area (Å²) in [5, 5.41) is 12.5. The van der Waals surface area contributed by atoms with Crippen molar-refractivity contribution < 1.29 is 18.7 Å². The molecule has 0 spiro atoms. The number of halogens is 1.